The molecule has 3 nitrogen and oxygen atoms in total. The zero-order chi connectivity index (χ0) is 13.7. The Morgan fingerprint density at radius 3 is 2.95 bits per heavy atom. The van der Waals surface area contributed by atoms with Crippen LogP contribution in [-0.2, 0) is 0 Å². The minimum absolute atomic E-state index is 0.337. The summed E-state index contributed by atoms with van der Waals surface area (Å²) in [5.41, 5.74) is 2.69. The van der Waals surface area contributed by atoms with E-state index in [0.717, 1.165) is 32.5 Å². The molecule has 19 heavy (non-hydrogen) atoms. The Morgan fingerprint density at radius 2 is 2.32 bits per heavy atom. The first-order valence-electron chi connectivity index (χ1n) is 7.30. The molecule has 0 amide bonds. The molecule has 2 rings (SSSR count). The Labute approximate surface area is 116 Å². The third-order valence-electron chi connectivity index (χ3n) is 4.16. The Hall–Kier alpha value is -0.900. The van der Waals surface area contributed by atoms with E-state index in [4.69, 9.17) is 0 Å². The lowest BCUT2D eigenvalue weighted by atomic mass is 10.0. The largest absolute Gasteiger partial charge is 0.396 e. The lowest BCUT2D eigenvalue weighted by Crippen LogP contribution is -2.27. The predicted molar refractivity (Wildman–Crippen MR) is 79.2 cm³/mol. The van der Waals surface area contributed by atoms with Gasteiger partial charge in [-0.3, -0.25) is 0 Å². The number of hydrogen-bond acceptors (Lipinski definition) is 3. The average molecular weight is 262 g/mol. The summed E-state index contributed by atoms with van der Waals surface area (Å²) in [4.78, 5) is 2.47. The summed E-state index contributed by atoms with van der Waals surface area (Å²) in [5, 5.41) is 12.6. The summed E-state index contributed by atoms with van der Waals surface area (Å²) >= 11 is 0. The minimum atomic E-state index is 0.337. The molecule has 0 radical (unpaired) electrons. The number of aryl methyl sites for hydroxylation is 1. The number of aliphatic hydroxyl groups excluding tert-OH is 1. The van der Waals surface area contributed by atoms with Crippen molar-refractivity contribution in [3.05, 3.63) is 35.4 Å². The molecule has 106 valence electrons. The van der Waals surface area contributed by atoms with Crippen molar-refractivity contribution in [1.29, 1.82) is 0 Å². The minimum Gasteiger partial charge on any atom is -0.396 e. The van der Waals surface area contributed by atoms with Crippen molar-refractivity contribution in [2.45, 2.75) is 25.8 Å². The maximum Gasteiger partial charge on any atom is 0.0471 e. The van der Waals surface area contributed by atoms with E-state index >= 15 is 0 Å². The summed E-state index contributed by atoms with van der Waals surface area (Å²) in [6.45, 7) is 5.78. The highest BCUT2D eigenvalue weighted by Gasteiger charge is 2.22. The third kappa shape index (κ3) is 4.03. The van der Waals surface area contributed by atoms with Crippen molar-refractivity contribution in [3.8, 4) is 0 Å². The van der Waals surface area contributed by atoms with E-state index < -0.39 is 0 Å². The van der Waals surface area contributed by atoms with Gasteiger partial charge in [-0.1, -0.05) is 29.8 Å². The Balaban J connectivity index is 1.86. The lowest BCUT2D eigenvalue weighted by Gasteiger charge is -2.21. The van der Waals surface area contributed by atoms with Crippen LogP contribution in [0.3, 0.4) is 0 Å². The van der Waals surface area contributed by atoms with Crippen molar-refractivity contribution < 1.29 is 5.11 Å². The number of rotatable bonds is 6. The van der Waals surface area contributed by atoms with Gasteiger partial charge in [0, 0.05) is 19.2 Å². The van der Waals surface area contributed by atoms with Crippen LogP contribution < -0.4 is 5.32 Å². The number of hydrogen-bond donors (Lipinski definition) is 2. The third-order valence-corrected chi connectivity index (χ3v) is 4.16. The van der Waals surface area contributed by atoms with E-state index in [-0.39, 0.29) is 0 Å². The second kappa shape index (κ2) is 7.04. The van der Waals surface area contributed by atoms with Gasteiger partial charge in [-0.05, 0) is 51.4 Å². The molecule has 2 N–H and O–H groups in total. The highest BCUT2D eigenvalue weighted by molar-refractivity contribution is 5.25. The maximum atomic E-state index is 9.18. The summed E-state index contributed by atoms with van der Waals surface area (Å²) in [5.74, 6) is 0.493. The Kier molecular flexibility index (Phi) is 5.37. The van der Waals surface area contributed by atoms with E-state index in [9.17, 15) is 5.11 Å². The highest BCUT2D eigenvalue weighted by atomic mass is 16.3. The van der Waals surface area contributed by atoms with Crippen LogP contribution in [0, 0.1) is 12.8 Å². The van der Waals surface area contributed by atoms with E-state index in [1.54, 1.807) is 0 Å². The van der Waals surface area contributed by atoms with E-state index in [0.29, 0.717) is 18.6 Å². The van der Waals surface area contributed by atoms with E-state index in [1.807, 2.05) is 7.05 Å². The summed E-state index contributed by atoms with van der Waals surface area (Å²) < 4.78 is 0. The van der Waals surface area contributed by atoms with Gasteiger partial charge in [-0.15, -0.1) is 0 Å². The molecule has 2 unspecified atom stereocenters. The van der Waals surface area contributed by atoms with Gasteiger partial charge in [0.25, 0.3) is 0 Å². The quantitative estimate of drug-likeness (QED) is 0.822. The Morgan fingerprint density at radius 1 is 1.47 bits per heavy atom. The number of nitrogens with one attached hydrogen (secondary N) is 1. The van der Waals surface area contributed by atoms with Crippen LogP contribution in [0.15, 0.2) is 24.3 Å². The molecule has 0 aliphatic carbocycles. The van der Waals surface area contributed by atoms with Gasteiger partial charge in [0.1, 0.15) is 0 Å². The van der Waals surface area contributed by atoms with Gasteiger partial charge >= 0.3 is 0 Å². The summed E-state index contributed by atoms with van der Waals surface area (Å²) in [6.07, 6.45) is 2.27. The molecule has 1 aliphatic rings. The van der Waals surface area contributed by atoms with Gasteiger partial charge in [0.05, 0.1) is 0 Å². The van der Waals surface area contributed by atoms with Crippen molar-refractivity contribution in [3.63, 3.8) is 0 Å². The smallest absolute Gasteiger partial charge is 0.0471 e. The fourth-order valence-electron chi connectivity index (χ4n) is 2.94. The number of likely N-dealkylation sites (tertiary alicyclic amines) is 1. The molecule has 0 bridgehead atoms. The molecule has 1 aliphatic heterocycles. The molecular formula is C16H26N2O. The molecule has 1 fully saturated rings. The zero-order valence-corrected chi connectivity index (χ0v) is 12.1. The van der Waals surface area contributed by atoms with Gasteiger partial charge in [0.15, 0.2) is 0 Å². The first-order valence-corrected chi connectivity index (χ1v) is 7.30. The first kappa shape index (κ1) is 14.5. The number of benzene rings is 1. The molecule has 3 heteroatoms. The molecule has 1 heterocycles. The van der Waals surface area contributed by atoms with Crippen LogP contribution >= 0.6 is 0 Å². The van der Waals surface area contributed by atoms with Crippen LogP contribution in [0.5, 0.6) is 0 Å². The molecule has 0 aromatic heterocycles. The zero-order valence-electron chi connectivity index (χ0n) is 12.1. The van der Waals surface area contributed by atoms with Gasteiger partial charge in [-0.25, -0.2) is 0 Å². The van der Waals surface area contributed by atoms with Gasteiger partial charge in [-0.2, -0.15) is 0 Å². The van der Waals surface area contributed by atoms with Crippen LogP contribution in [0.1, 0.15) is 30.0 Å². The molecular weight excluding hydrogens is 236 g/mol. The molecule has 1 saturated heterocycles. The normalized spacial score (nSPS) is 21.7. The van der Waals surface area contributed by atoms with E-state index in [2.05, 4.69) is 41.4 Å². The fraction of sp³-hybridized carbons (Fsp3) is 0.625. The monoisotopic (exact) mass is 262 g/mol. The SMILES string of the molecule is CNC(CCN1CCC(CO)C1)c1cccc(C)c1. The predicted octanol–water partition coefficient (Wildman–Crippen LogP) is 1.96. The van der Waals surface area contributed by atoms with Gasteiger partial charge in [0.2, 0.25) is 0 Å². The molecule has 0 saturated carbocycles. The van der Waals surface area contributed by atoms with E-state index in [1.165, 1.54) is 11.1 Å². The molecule has 0 spiro atoms. The van der Waals surface area contributed by atoms with Crippen molar-refractivity contribution in [1.82, 2.24) is 10.2 Å². The van der Waals surface area contributed by atoms with Crippen molar-refractivity contribution in [2.75, 3.05) is 33.3 Å². The topological polar surface area (TPSA) is 35.5 Å². The van der Waals surface area contributed by atoms with Crippen LogP contribution in [0.4, 0.5) is 0 Å². The fourth-order valence-corrected chi connectivity index (χ4v) is 2.94. The van der Waals surface area contributed by atoms with Gasteiger partial charge < -0.3 is 15.3 Å². The van der Waals surface area contributed by atoms with Crippen LogP contribution in [-0.4, -0.2) is 43.3 Å². The molecule has 2 atom stereocenters. The second-order valence-corrected chi connectivity index (χ2v) is 5.68. The van der Waals surface area contributed by atoms with Crippen molar-refractivity contribution >= 4 is 0 Å². The standard InChI is InChI=1S/C16H26N2O/c1-13-4-3-5-15(10-13)16(17-2)7-9-18-8-6-14(11-18)12-19/h3-5,10,14,16-17,19H,6-9,11-12H2,1-2H3. The number of nitrogens with zero attached hydrogens (tertiary/aromatic N) is 1. The highest BCUT2D eigenvalue weighted by Crippen LogP contribution is 2.21. The lowest BCUT2D eigenvalue weighted by molar-refractivity contribution is 0.219. The number of aliphatic hydroxyl groups is 1. The van der Waals surface area contributed by atoms with Crippen LogP contribution in [0.25, 0.3) is 0 Å². The van der Waals surface area contributed by atoms with Crippen molar-refractivity contribution in [2.24, 2.45) is 5.92 Å². The summed E-state index contributed by atoms with van der Waals surface area (Å²) in [6, 6.07) is 9.17. The summed E-state index contributed by atoms with van der Waals surface area (Å²) in [7, 11) is 2.04. The molecule has 1 aromatic rings. The maximum absolute atomic E-state index is 9.18. The first-order chi connectivity index (χ1) is 9.22. The average Bonchev–Trinajstić information content (AvgIpc) is 2.87. The second-order valence-electron chi connectivity index (χ2n) is 5.68. The Bertz CT molecular complexity index is 394. The van der Waals surface area contributed by atoms with Crippen LogP contribution in [0.2, 0.25) is 0 Å². The molecule has 1 aromatic carbocycles.